The number of amides is 2. The molecule has 0 N–H and O–H groups in total. The Morgan fingerprint density at radius 1 is 0.970 bits per heavy atom. The number of carbonyl (C=O) groups is 2. The molecule has 168 valence electrons. The maximum Gasteiger partial charge on any atom is 0.293 e. The number of thioether (sulfide) groups is 1. The van der Waals surface area contributed by atoms with E-state index in [2.05, 4.69) is 15.9 Å². The summed E-state index contributed by atoms with van der Waals surface area (Å²) < 4.78 is 6.80. The second kappa shape index (κ2) is 10.5. The van der Waals surface area contributed by atoms with Crippen LogP contribution < -0.4 is 4.74 Å². The molecule has 3 aromatic carbocycles. The fourth-order valence-corrected chi connectivity index (χ4v) is 4.98. The highest BCUT2D eigenvalue weighted by molar-refractivity contribution is 9.10. The van der Waals surface area contributed by atoms with Gasteiger partial charge in [0.2, 0.25) is 0 Å². The van der Waals surface area contributed by atoms with Gasteiger partial charge in [0.15, 0.2) is 0 Å². The van der Waals surface area contributed by atoms with Crippen molar-refractivity contribution >= 4 is 79.7 Å². The zero-order valence-corrected chi connectivity index (χ0v) is 21.5. The molecule has 9 heteroatoms. The van der Waals surface area contributed by atoms with Gasteiger partial charge in [-0.15, -0.1) is 0 Å². The molecule has 1 aliphatic rings. The molecule has 1 heterocycles. The maximum absolute atomic E-state index is 13.0. The molecule has 1 saturated heterocycles. The summed E-state index contributed by atoms with van der Waals surface area (Å²) in [5, 5.41) is 1.06. The first-order valence-electron chi connectivity index (χ1n) is 9.67. The highest BCUT2D eigenvalue weighted by Crippen LogP contribution is 2.37. The van der Waals surface area contributed by atoms with Gasteiger partial charge in [-0.2, -0.15) is 0 Å². The van der Waals surface area contributed by atoms with Crippen LogP contribution in [0, 0.1) is 0 Å². The van der Waals surface area contributed by atoms with E-state index in [0.717, 1.165) is 26.7 Å². The molecule has 2 amide bonds. The van der Waals surface area contributed by atoms with E-state index in [1.807, 2.05) is 24.3 Å². The molecule has 0 spiro atoms. The second-order valence-corrected chi connectivity index (χ2v) is 10.2. The first-order chi connectivity index (χ1) is 15.8. The van der Waals surface area contributed by atoms with Gasteiger partial charge in [-0.3, -0.25) is 14.5 Å². The van der Waals surface area contributed by atoms with Gasteiger partial charge in [0.25, 0.3) is 11.1 Å². The fraction of sp³-hybridized carbons (Fsp3) is 0.0833. The molecule has 1 aliphatic heterocycles. The molecule has 0 unspecified atom stereocenters. The fourth-order valence-electron chi connectivity index (χ4n) is 3.12. The molecule has 0 radical (unpaired) electrons. The van der Waals surface area contributed by atoms with Crippen molar-refractivity contribution in [3.63, 3.8) is 0 Å². The lowest BCUT2D eigenvalue weighted by atomic mass is 10.1. The van der Waals surface area contributed by atoms with Crippen molar-refractivity contribution in [2.75, 3.05) is 0 Å². The number of imide groups is 1. The summed E-state index contributed by atoms with van der Waals surface area (Å²) in [4.78, 5) is 27.0. The number of hydrogen-bond acceptors (Lipinski definition) is 4. The minimum atomic E-state index is -0.412. The second-order valence-electron chi connectivity index (χ2n) is 7.07. The average molecular weight is 584 g/mol. The molecular formula is C24H15BrCl3NO3S. The first kappa shape index (κ1) is 24.2. The van der Waals surface area contributed by atoms with E-state index in [0.29, 0.717) is 38.6 Å². The molecule has 0 bridgehead atoms. The molecule has 3 aromatic rings. The normalized spacial score (nSPS) is 14.9. The third kappa shape index (κ3) is 5.76. The van der Waals surface area contributed by atoms with Crippen molar-refractivity contribution in [1.82, 2.24) is 4.90 Å². The summed E-state index contributed by atoms with van der Waals surface area (Å²) in [6.45, 7) is 0.324. The van der Waals surface area contributed by atoms with Crippen molar-refractivity contribution in [3.8, 4) is 5.75 Å². The van der Waals surface area contributed by atoms with Gasteiger partial charge in [-0.1, -0.05) is 68.9 Å². The van der Waals surface area contributed by atoms with Crippen molar-refractivity contribution < 1.29 is 14.3 Å². The third-order valence-corrected chi connectivity index (χ3v) is 7.18. The highest BCUT2D eigenvalue weighted by atomic mass is 79.9. The van der Waals surface area contributed by atoms with Crippen molar-refractivity contribution in [2.24, 2.45) is 0 Å². The minimum absolute atomic E-state index is 0.00107. The molecule has 33 heavy (non-hydrogen) atoms. The van der Waals surface area contributed by atoms with E-state index in [-0.39, 0.29) is 16.7 Å². The predicted molar refractivity (Wildman–Crippen MR) is 138 cm³/mol. The standard InChI is InChI=1S/C24H15BrCl3NO3S/c25-16-6-9-21(32-13-14-4-7-17(26)8-5-14)15(10-16)11-22-23(30)29(24(31)33-22)12-18-19(27)2-1-3-20(18)28/h1-11H,12-13H2. The summed E-state index contributed by atoms with van der Waals surface area (Å²) in [5.74, 6) is 0.165. The Morgan fingerprint density at radius 2 is 1.67 bits per heavy atom. The zero-order chi connectivity index (χ0) is 23.5. The van der Waals surface area contributed by atoms with Gasteiger partial charge in [0, 0.05) is 30.7 Å². The van der Waals surface area contributed by atoms with Crippen molar-refractivity contribution in [2.45, 2.75) is 13.2 Å². The number of nitrogens with zero attached hydrogens (tertiary/aromatic N) is 1. The average Bonchev–Trinajstić information content (AvgIpc) is 3.04. The lowest BCUT2D eigenvalue weighted by Crippen LogP contribution is -2.27. The molecule has 0 aliphatic carbocycles. The number of ether oxygens (including phenoxy) is 1. The van der Waals surface area contributed by atoms with Crippen LogP contribution in [0.4, 0.5) is 4.79 Å². The van der Waals surface area contributed by atoms with Gasteiger partial charge < -0.3 is 4.74 Å². The van der Waals surface area contributed by atoms with Crippen LogP contribution in [0.2, 0.25) is 15.1 Å². The monoisotopic (exact) mass is 581 g/mol. The van der Waals surface area contributed by atoms with Crippen LogP contribution in [0.1, 0.15) is 16.7 Å². The summed E-state index contributed by atoms with van der Waals surface area (Å²) in [6, 6.07) is 17.9. The van der Waals surface area contributed by atoms with Crippen molar-refractivity contribution in [1.29, 1.82) is 0 Å². The van der Waals surface area contributed by atoms with Crippen LogP contribution in [-0.4, -0.2) is 16.0 Å². The minimum Gasteiger partial charge on any atom is -0.488 e. The SMILES string of the molecule is O=C1SC(=Cc2cc(Br)ccc2OCc2ccc(Cl)cc2)C(=O)N1Cc1c(Cl)cccc1Cl. The lowest BCUT2D eigenvalue weighted by Gasteiger charge is -2.15. The zero-order valence-electron chi connectivity index (χ0n) is 16.9. The number of carbonyl (C=O) groups excluding carboxylic acids is 2. The van der Waals surface area contributed by atoms with Crippen molar-refractivity contribution in [3.05, 3.63) is 102 Å². The lowest BCUT2D eigenvalue weighted by molar-refractivity contribution is -0.123. The summed E-state index contributed by atoms with van der Waals surface area (Å²) in [5.41, 5.74) is 2.14. The van der Waals surface area contributed by atoms with E-state index < -0.39 is 5.91 Å². The van der Waals surface area contributed by atoms with Gasteiger partial charge in [0.05, 0.1) is 11.4 Å². The summed E-state index contributed by atoms with van der Waals surface area (Å²) in [6.07, 6.45) is 1.65. The Hall–Kier alpha value is -1.96. The Morgan fingerprint density at radius 3 is 2.36 bits per heavy atom. The van der Waals surface area contributed by atoms with Crippen LogP contribution in [0.3, 0.4) is 0 Å². The first-order valence-corrected chi connectivity index (χ1v) is 12.4. The number of hydrogen-bond donors (Lipinski definition) is 0. The van der Waals surface area contributed by atoms with Gasteiger partial charge in [-0.25, -0.2) is 0 Å². The summed E-state index contributed by atoms with van der Waals surface area (Å²) >= 11 is 22.7. The number of halogens is 4. The predicted octanol–water partition coefficient (Wildman–Crippen LogP) is 8.22. The summed E-state index contributed by atoms with van der Waals surface area (Å²) in [7, 11) is 0. The molecule has 1 fully saturated rings. The third-order valence-electron chi connectivity index (χ3n) is 4.82. The van der Waals surface area contributed by atoms with Gasteiger partial charge >= 0.3 is 0 Å². The molecule has 4 nitrogen and oxygen atoms in total. The molecule has 0 atom stereocenters. The Labute approximate surface area is 218 Å². The Bertz CT molecular complexity index is 1240. The van der Waals surface area contributed by atoms with Crippen LogP contribution in [0.25, 0.3) is 6.08 Å². The maximum atomic E-state index is 13.0. The number of rotatable bonds is 6. The largest absolute Gasteiger partial charge is 0.488 e. The molecule has 0 aromatic heterocycles. The van der Waals surface area contributed by atoms with Crippen LogP contribution in [0.15, 0.2) is 70.0 Å². The molecule has 4 rings (SSSR count). The van der Waals surface area contributed by atoms with Gasteiger partial charge in [0.1, 0.15) is 12.4 Å². The van der Waals surface area contributed by atoms with E-state index in [1.165, 1.54) is 0 Å². The quantitative estimate of drug-likeness (QED) is 0.274. The smallest absolute Gasteiger partial charge is 0.293 e. The van der Waals surface area contributed by atoms with E-state index >= 15 is 0 Å². The van der Waals surface area contributed by atoms with Crippen LogP contribution >= 0.6 is 62.5 Å². The van der Waals surface area contributed by atoms with E-state index in [4.69, 9.17) is 39.5 Å². The van der Waals surface area contributed by atoms with Crippen LogP contribution in [0.5, 0.6) is 5.75 Å². The van der Waals surface area contributed by atoms with Crippen LogP contribution in [-0.2, 0) is 17.9 Å². The van der Waals surface area contributed by atoms with E-state index in [9.17, 15) is 9.59 Å². The van der Waals surface area contributed by atoms with E-state index in [1.54, 1.807) is 42.5 Å². The Kier molecular flexibility index (Phi) is 7.72. The topological polar surface area (TPSA) is 46.6 Å². The highest BCUT2D eigenvalue weighted by Gasteiger charge is 2.36. The molecule has 0 saturated carbocycles. The van der Waals surface area contributed by atoms with Gasteiger partial charge in [-0.05, 0) is 65.9 Å². The number of benzene rings is 3. The molecular weight excluding hydrogens is 569 g/mol. The Balaban J connectivity index is 1.57.